The minimum Gasteiger partial charge on any atom is -0.627 e. The third-order valence-electron chi connectivity index (χ3n) is 4.10. The van der Waals surface area contributed by atoms with Crippen molar-refractivity contribution in [3.63, 3.8) is 0 Å². The number of benzene rings is 2. The molecular formula is C16H18N2O2. The molecule has 4 nitrogen and oxygen atoms in total. The van der Waals surface area contributed by atoms with Gasteiger partial charge in [0.1, 0.15) is 37.6 Å². The van der Waals surface area contributed by atoms with Crippen LogP contribution >= 0.6 is 0 Å². The number of quaternary nitrogens is 2. The highest BCUT2D eigenvalue weighted by atomic mass is 16.6. The standard InChI is InChI=1S/C16H18N2O2/c19-17(15-7-3-1-4-8-15)11-13-18(20,14-12-17)16-9-5-2-6-10-16/h1-10H,11-14H2. The van der Waals surface area contributed by atoms with Crippen LogP contribution < -0.4 is 9.29 Å². The van der Waals surface area contributed by atoms with Crippen LogP contribution in [0.1, 0.15) is 0 Å². The van der Waals surface area contributed by atoms with Crippen molar-refractivity contribution in [3.05, 3.63) is 71.1 Å². The summed E-state index contributed by atoms with van der Waals surface area (Å²) in [4.78, 5) is 0. The van der Waals surface area contributed by atoms with E-state index in [9.17, 15) is 10.4 Å². The minimum absolute atomic E-state index is 0.322. The maximum Gasteiger partial charge on any atom is 0.134 e. The highest BCUT2D eigenvalue weighted by molar-refractivity contribution is 5.48. The molecule has 2 aromatic rings. The van der Waals surface area contributed by atoms with Crippen LogP contribution in [0.5, 0.6) is 0 Å². The number of hydrogen-bond donors (Lipinski definition) is 0. The second kappa shape index (κ2) is 5.00. The second-order valence-corrected chi connectivity index (χ2v) is 5.34. The molecule has 0 N–H and O–H groups in total. The van der Waals surface area contributed by atoms with Crippen molar-refractivity contribution in [2.45, 2.75) is 0 Å². The Morgan fingerprint density at radius 1 is 0.550 bits per heavy atom. The van der Waals surface area contributed by atoms with Crippen LogP contribution in [0.25, 0.3) is 0 Å². The van der Waals surface area contributed by atoms with Crippen molar-refractivity contribution >= 4 is 11.4 Å². The molecule has 1 aliphatic rings. The van der Waals surface area contributed by atoms with Crippen molar-refractivity contribution in [1.82, 2.24) is 9.29 Å². The predicted molar refractivity (Wildman–Crippen MR) is 82.7 cm³/mol. The monoisotopic (exact) mass is 270 g/mol. The largest absolute Gasteiger partial charge is 0.627 e. The quantitative estimate of drug-likeness (QED) is 0.622. The molecule has 0 aliphatic carbocycles. The average molecular weight is 270 g/mol. The number of hydrogen-bond acceptors (Lipinski definition) is 2. The molecule has 0 spiro atoms. The van der Waals surface area contributed by atoms with Crippen LogP contribution in [-0.4, -0.2) is 26.2 Å². The molecular weight excluding hydrogens is 252 g/mol. The van der Waals surface area contributed by atoms with Gasteiger partial charge in [-0.15, -0.1) is 0 Å². The van der Waals surface area contributed by atoms with Gasteiger partial charge in [0.15, 0.2) is 0 Å². The average Bonchev–Trinajstić information content (AvgIpc) is 2.52. The molecule has 1 saturated heterocycles. The molecule has 3 rings (SSSR count). The Balaban J connectivity index is 1.80. The van der Waals surface area contributed by atoms with Crippen molar-refractivity contribution < 1.29 is 0 Å². The lowest BCUT2D eigenvalue weighted by Crippen LogP contribution is -2.64. The van der Waals surface area contributed by atoms with Gasteiger partial charge in [0.25, 0.3) is 0 Å². The fraction of sp³-hybridized carbons (Fsp3) is 0.250. The van der Waals surface area contributed by atoms with E-state index in [2.05, 4.69) is 0 Å². The molecule has 0 radical (unpaired) electrons. The molecule has 20 heavy (non-hydrogen) atoms. The summed E-state index contributed by atoms with van der Waals surface area (Å²) >= 11 is 0. The highest BCUT2D eigenvalue weighted by Gasteiger charge is 2.35. The first-order chi connectivity index (χ1) is 9.62. The van der Waals surface area contributed by atoms with E-state index in [-0.39, 0.29) is 0 Å². The maximum atomic E-state index is 12.8. The summed E-state index contributed by atoms with van der Waals surface area (Å²) in [7, 11) is 0. The van der Waals surface area contributed by atoms with Gasteiger partial charge in [0.2, 0.25) is 0 Å². The fourth-order valence-electron chi connectivity index (χ4n) is 2.79. The molecule has 0 amide bonds. The van der Waals surface area contributed by atoms with Gasteiger partial charge < -0.3 is 19.7 Å². The number of piperazine rings is 1. The van der Waals surface area contributed by atoms with Crippen LogP contribution in [0.2, 0.25) is 0 Å². The number of rotatable bonds is 2. The Kier molecular flexibility index (Phi) is 3.31. The van der Waals surface area contributed by atoms with Crippen molar-refractivity contribution in [2.24, 2.45) is 0 Å². The molecule has 1 aliphatic heterocycles. The first-order valence-corrected chi connectivity index (χ1v) is 6.90. The van der Waals surface area contributed by atoms with Crippen LogP contribution in [-0.2, 0) is 0 Å². The Morgan fingerprint density at radius 2 is 0.850 bits per heavy atom. The third-order valence-corrected chi connectivity index (χ3v) is 4.10. The van der Waals surface area contributed by atoms with Crippen LogP contribution in [0.4, 0.5) is 11.4 Å². The topological polar surface area (TPSA) is 46.1 Å². The number of nitrogens with zero attached hydrogens (tertiary/aromatic N) is 2. The van der Waals surface area contributed by atoms with E-state index in [4.69, 9.17) is 0 Å². The molecule has 0 aromatic heterocycles. The lowest BCUT2D eigenvalue weighted by Gasteiger charge is -2.53. The summed E-state index contributed by atoms with van der Waals surface area (Å²) in [5.74, 6) is 0. The molecule has 4 heteroatoms. The lowest BCUT2D eigenvalue weighted by atomic mass is 10.2. The molecule has 1 fully saturated rings. The van der Waals surface area contributed by atoms with Gasteiger partial charge in [-0.2, -0.15) is 0 Å². The summed E-state index contributed by atoms with van der Waals surface area (Å²) in [6, 6.07) is 18.7. The SMILES string of the molecule is [O-][N+]1(c2ccccc2)CC[N+]([O-])(c2ccccc2)CC1. The lowest BCUT2D eigenvalue weighted by molar-refractivity contribution is 0.219. The third kappa shape index (κ3) is 2.34. The van der Waals surface area contributed by atoms with E-state index < -0.39 is 9.29 Å². The van der Waals surface area contributed by atoms with E-state index >= 15 is 0 Å². The van der Waals surface area contributed by atoms with Gasteiger partial charge in [-0.1, -0.05) is 36.4 Å². The predicted octanol–water partition coefficient (Wildman–Crippen LogP) is 3.01. The van der Waals surface area contributed by atoms with Gasteiger partial charge >= 0.3 is 0 Å². The van der Waals surface area contributed by atoms with E-state index in [1.807, 2.05) is 60.7 Å². The van der Waals surface area contributed by atoms with Gasteiger partial charge in [0, 0.05) is 0 Å². The fourth-order valence-corrected chi connectivity index (χ4v) is 2.79. The Bertz CT molecular complexity index is 510. The zero-order valence-electron chi connectivity index (χ0n) is 11.3. The van der Waals surface area contributed by atoms with Gasteiger partial charge in [-0.25, -0.2) is 0 Å². The van der Waals surface area contributed by atoms with Crippen LogP contribution in [0.15, 0.2) is 60.7 Å². The van der Waals surface area contributed by atoms with Crippen molar-refractivity contribution in [2.75, 3.05) is 26.2 Å². The molecule has 0 bridgehead atoms. The smallest absolute Gasteiger partial charge is 0.134 e. The molecule has 1 heterocycles. The van der Waals surface area contributed by atoms with Crippen LogP contribution in [0.3, 0.4) is 0 Å². The normalized spacial score (nSPS) is 30.1. The highest BCUT2D eigenvalue weighted by Crippen LogP contribution is 2.30. The summed E-state index contributed by atoms with van der Waals surface area (Å²) < 4.78 is -0.786. The van der Waals surface area contributed by atoms with E-state index in [1.54, 1.807) is 0 Å². The molecule has 0 atom stereocenters. The second-order valence-electron chi connectivity index (χ2n) is 5.34. The number of hydroxylamine groups is 4. The van der Waals surface area contributed by atoms with Crippen molar-refractivity contribution in [1.29, 1.82) is 0 Å². The minimum atomic E-state index is -0.393. The van der Waals surface area contributed by atoms with Crippen molar-refractivity contribution in [3.8, 4) is 0 Å². The Morgan fingerprint density at radius 3 is 1.15 bits per heavy atom. The Labute approximate surface area is 118 Å². The summed E-state index contributed by atoms with van der Waals surface area (Å²) in [6.45, 7) is 1.29. The molecule has 0 saturated carbocycles. The maximum absolute atomic E-state index is 12.8. The van der Waals surface area contributed by atoms with Gasteiger partial charge in [-0.05, 0) is 24.3 Å². The zero-order valence-corrected chi connectivity index (χ0v) is 11.3. The van der Waals surface area contributed by atoms with E-state index in [1.165, 1.54) is 0 Å². The Hall–Kier alpha value is -1.72. The summed E-state index contributed by atoms with van der Waals surface area (Å²) in [6.07, 6.45) is 0. The van der Waals surface area contributed by atoms with Crippen LogP contribution in [0, 0.1) is 10.4 Å². The molecule has 104 valence electrons. The molecule has 0 unspecified atom stereocenters. The van der Waals surface area contributed by atoms with E-state index in [0.717, 1.165) is 11.4 Å². The molecule has 2 aromatic carbocycles. The zero-order chi connectivity index (χ0) is 14.1. The van der Waals surface area contributed by atoms with Gasteiger partial charge in [-0.3, -0.25) is 0 Å². The summed E-state index contributed by atoms with van der Waals surface area (Å²) in [5, 5.41) is 25.7. The van der Waals surface area contributed by atoms with Gasteiger partial charge in [0.05, 0.1) is 0 Å². The number of para-hydroxylation sites is 2. The summed E-state index contributed by atoms with van der Waals surface area (Å²) in [5.41, 5.74) is 1.48. The van der Waals surface area contributed by atoms with E-state index in [0.29, 0.717) is 26.2 Å². The first-order valence-electron chi connectivity index (χ1n) is 6.90. The first kappa shape index (κ1) is 13.3.